The summed E-state index contributed by atoms with van der Waals surface area (Å²) in [7, 11) is 0. The zero-order valence-corrected chi connectivity index (χ0v) is 18.0. The molecule has 0 aromatic heterocycles. The van der Waals surface area contributed by atoms with E-state index >= 15 is 0 Å². The number of carbonyl (C=O) groups excluding carboxylic acids is 3. The SMILES string of the molecule is CC(C)C(NC(=O)C1CCCN1C(=O)C(N)CCC(=O)O)C(=O)N1CCCC1C(=O)O. The minimum Gasteiger partial charge on any atom is -0.481 e. The van der Waals surface area contributed by atoms with Crippen molar-refractivity contribution >= 4 is 29.7 Å². The van der Waals surface area contributed by atoms with Gasteiger partial charge < -0.3 is 31.1 Å². The standard InChI is InChI=1S/C20H32N4O7/c1-11(2)16(19(29)24-10-4-6-14(24)20(30)31)22-17(27)13-5-3-9-23(13)18(28)12(21)7-8-15(25)26/h11-14,16H,3-10,21H2,1-2H3,(H,22,27)(H,25,26)(H,30,31). The molecule has 2 fully saturated rings. The van der Waals surface area contributed by atoms with E-state index < -0.39 is 53.8 Å². The number of carbonyl (C=O) groups is 5. The number of hydrogen-bond acceptors (Lipinski definition) is 6. The van der Waals surface area contributed by atoms with Crippen molar-refractivity contribution in [3.8, 4) is 0 Å². The fraction of sp³-hybridized carbons (Fsp3) is 0.750. The number of carboxylic acid groups (broad SMARTS) is 2. The second-order valence-electron chi connectivity index (χ2n) is 8.49. The Hall–Kier alpha value is -2.69. The minimum atomic E-state index is -1.07. The fourth-order valence-corrected chi connectivity index (χ4v) is 4.15. The number of likely N-dealkylation sites (tertiary alicyclic amines) is 2. The van der Waals surface area contributed by atoms with Gasteiger partial charge in [-0.15, -0.1) is 0 Å². The van der Waals surface area contributed by atoms with E-state index in [0.29, 0.717) is 38.8 Å². The van der Waals surface area contributed by atoms with Crippen molar-refractivity contribution in [1.29, 1.82) is 0 Å². The number of carboxylic acids is 2. The molecule has 3 amide bonds. The predicted octanol–water partition coefficient (Wildman–Crippen LogP) is -0.614. The van der Waals surface area contributed by atoms with Crippen molar-refractivity contribution in [2.24, 2.45) is 11.7 Å². The summed E-state index contributed by atoms with van der Waals surface area (Å²) in [5.74, 6) is -3.83. The van der Waals surface area contributed by atoms with E-state index in [4.69, 9.17) is 10.8 Å². The van der Waals surface area contributed by atoms with Gasteiger partial charge in [-0.2, -0.15) is 0 Å². The van der Waals surface area contributed by atoms with E-state index in [-0.39, 0.29) is 18.8 Å². The first-order valence-electron chi connectivity index (χ1n) is 10.7. The van der Waals surface area contributed by atoms with Crippen molar-refractivity contribution in [2.75, 3.05) is 13.1 Å². The highest BCUT2D eigenvalue weighted by Crippen LogP contribution is 2.22. The molecule has 5 N–H and O–H groups in total. The Morgan fingerprint density at radius 2 is 1.52 bits per heavy atom. The first-order chi connectivity index (χ1) is 14.5. The van der Waals surface area contributed by atoms with Crippen LogP contribution >= 0.6 is 0 Å². The van der Waals surface area contributed by atoms with Gasteiger partial charge in [0.25, 0.3) is 0 Å². The molecule has 0 radical (unpaired) electrons. The second-order valence-corrected chi connectivity index (χ2v) is 8.49. The van der Waals surface area contributed by atoms with Crippen LogP contribution in [0.3, 0.4) is 0 Å². The Kier molecular flexibility index (Phi) is 8.37. The summed E-state index contributed by atoms with van der Waals surface area (Å²) in [6, 6.07) is -3.63. The van der Waals surface area contributed by atoms with Gasteiger partial charge in [-0.25, -0.2) is 4.79 Å². The third-order valence-corrected chi connectivity index (χ3v) is 5.88. The lowest BCUT2D eigenvalue weighted by atomic mass is 10.0. The Balaban J connectivity index is 2.07. The molecule has 0 aromatic carbocycles. The van der Waals surface area contributed by atoms with Crippen molar-refractivity contribution in [3.63, 3.8) is 0 Å². The van der Waals surface area contributed by atoms with Gasteiger partial charge in [0.1, 0.15) is 18.1 Å². The predicted molar refractivity (Wildman–Crippen MR) is 109 cm³/mol. The largest absolute Gasteiger partial charge is 0.481 e. The van der Waals surface area contributed by atoms with E-state index in [0.717, 1.165) is 0 Å². The van der Waals surface area contributed by atoms with E-state index in [1.54, 1.807) is 13.8 Å². The highest BCUT2D eigenvalue weighted by molar-refractivity contribution is 5.94. The molecule has 11 heteroatoms. The highest BCUT2D eigenvalue weighted by atomic mass is 16.4. The number of hydrogen-bond donors (Lipinski definition) is 4. The fourth-order valence-electron chi connectivity index (χ4n) is 4.15. The number of nitrogens with one attached hydrogen (secondary N) is 1. The van der Waals surface area contributed by atoms with Gasteiger partial charge in [-0.05, 0) is 38.0 Å². The van der Waals surface area contributed by atoms with Crippen LogP contribution < -0.4 is 11.1 Å². The van der Waals surface area contributed by atoms with Crippen LogP contribution in [0.1, 0.15) is 52.4 Å². The lowest BCUT2D eigenvalue weighted by Gasteiger charge is -2.32. The number of rotatable bonds is 9. The molecule has 0 spiro atoms. The van der Waals surface area contributed by atoms with Gasteiger partial charge in [0.2, 0.25) is 17.7 Å². The average molecular weight is 440 g/mol. The second kappa shape index (κ2) is 10.6. The maximum absolute atomic E-state index is 13.0. The van der Waals surface area contributed by atoms with Crippen LogP contribution in [-0.2, 0) is 24.0 Å². The van der Waals surface area contributed by atoms with Crippen molar-refractivity contribution < 1.29 is 34.2 Å². The first kappa shape index (κ1) is 24.6. The van der Waals surface area contributed by atoms with Crippen LogP contribution in [0.25, 0.3) is 0 Å². The summed E-state index contributed by atoms with van der Waals surface area (Å²) >= 11 is 0. The molecule has 2 aliphatic rings. The zero-order chi connectivity index (χ0) is 23.3. The molecule has 11 nitrogen and oxygen atoms in total. The van der Waals surface area contributed by atoms with E-state index in [1.807, 2.05) is 0 Å². The molecule has 2 saturated heterocycles. The Morgan fingerprint density at radius 1 is 0.968 bits per heavy atom. The number of nitrogens with two attached hydrogens (primary N) is 1. The number of aliphatic carboxylic acids is 2. The van der Waals surface area contributed by atoms with Crippen LogP contribution in [0.5, 0.6) is 0 Å². The maximum Gasteiger partial charge on any atom is 0.326 e. The molecule has 2 rings (SSSR count). The van der Waals surface area contributed by atoms with Gasteiger partial charge in [-0.1, -0.05) is 13.8 Å². The Bertz CT molecular complexity index is 726. The Morgan fingerprint density at radius 3 is 2.03 bits per heavy atom. The normalized spacial score (nSPS) is 23.0. The summed E-state index contributed by atoms with van der Waals surface area (Å²) in [5.41, 5.74) is 5.83. The van der Waals surface area contributed by atoms with Crippen molar-refractivity contribution in [2.45, 2.75) is 76.5 Å². The third kappa shape index (κ3) is 5.93. The number of nitrogens with zero attached hydrogens (tertiary/aromatic N) is 2. The van der Waals surface area contributed by atoms with Gasteiger partial charge >= 0.3 is 11.9 Å². The molecule has 0 aromatic rings. The third-order valence-electron chi connectivity index (χ3n) is 5.88. The average Bonchev–Trinajstić information content (AvgIpc) is 3.38. The van der Waals surface area contributed by atoms with E-state index in [2.05, 4.69) is 5.32 Å². The first-order valence-corrected chi connectivity index (χ1v) is 10.7. The molecule has 2 heterocycles. The highest BCUT2D eigenvalue weighted by Gasteiger charge is 2.41. The van der Waals surface area contributed by atoms with Crippen LogP contribution in [0.2, 0.25) is 0 Å². The monoisotopic (exact) mass is 440 g/mol. The van der Waals surface area contributed by atoms with E-state index in [9.17, 15) is 29.1 Å². The molecular weight excluding hydrogens is 408 g/mol. The molecule has 4 atom stereocenters. The summed E-state index contributed by atoms with van der Waals surface area (Å²) in [6.07, 6.45) is 1.67. The van der Waals surface area contributed by atoms with Crippen molar-refractivity contribution in [3.05, 3.63) is 0 Å². The molecule has 0 bridgehead atoms. The smallest absolute Gasteiger partial charge is 0.326 e. The van der Waals surface area contributed by atoms with Crippen LogP contribution in [0, 0.1) is 5.92 Å². The van der Waals surface area contributed by atoms with Crippen LogP contribution in [0.4, 0.5) is 0 Å². The molecule has 0 saturated carbocycles. The van der Waals surface area contributed by atoms with Crippen LogP contribution in [0.15, 0.2) is 0 Å². The zero-order valence-electron chi connectivity index (χ0n) is 18.0. The van der Waals surface area contributed by atoms with Gasteiger partial charge in [-0.3, -0.25) is 19.2 Å². The summed E-state index contributed by atoms with van der Waals surface area (Å²) < 4.78 is 0. The lowest BCUT2D eigenvalue weighted by molar-refractivity contribution is -0.150. The molecular formula is C20H32N4O7. The molecule has 2 aliphatic heterocycles. The summed E-state index contributed by atoms with van der Waals surface area (Å²) in [5, 5.41) is 20.9. The molecule has 0 aliphatic carbocycles. The molecule has 4 unspecified atom stereocenters. The summed E-state index contributed by atoms with van der Waals surface area (Å²) in [4.78, 5) is 63.4. The minimum absolute atomic E-state index is 0.0301. The van der Waals surface area contributed by atoms with Crippen LogP contribution in [-0.4, -0.2) is 86.9 Å². The molecule has 174 valence electrons. The lowest BCUT2D eigenvalue weighted by Crippen LogP contribution is -2.58. The van der Waals surface area contributed by atoms with Gasteiger partial charge in [0, 0.05) is 19.5 Å². The topological polar surface area (TPSA) is 170 Å². The van der Waals surface area contributed by atoms with E-state index in [1.165, 1.54) is 9.80 Å². The number of amides is 3. The van der Waals surface area contributed by atoms with Gasteiger partial charge in [0.15, 0.2) is 0 Å². The molecule has 31 heavy (non-hydrogen) atoms. The Labute approximate surface area is 180 Å². The van der Waals surface area contributed by atoms with Gasteiger partial charge in [0.05, 0.1) is 6.04 Å². The van der Waals surface area contributed by atoms with Crippen molar-refractivity contribution in [1.82, 2.24) is 15.1 Å². The summed E-state index contributed by atoms with van der Waals surface area (Å²) in [6.45, 7) is 4.16. The maximum atomic E-state index is 13.0. The quantitative estimate of drug-likeness (QED) is 0.368.